The summed E-state index contributed by atoms with van der Waals surface area (Å²) in [6.45, 7) is 4.87. The molecule has 1 unspecified atom stereocenters. The van der Waals surface area contributed by atoms with Crippen LogP contribution < -0.4 is 5.32 Å². The fourth-order valence-corrected chi connectivity index (χ4v) is 3.11. The first kappa shape index (κ1) is 15.9. The van der Waals surface area contributed by atoms with E-state index >= 15 is 0 Å². The first-order valence-corrected chi connectivity index (χ1v) is 8.41. The average molecular weight is 328 g/mol. The lowest BCUT2D eigenvalue weighted by atomic mass is 10.1. The number of aromatic nitrogens is 1. The molecule has 2 N–H and O–H groups in total. The van der Waals surface area contributed by atoms with Crippen LogP contribution in [0.2, 0.25) is 0 Å². The van der Waals surface area contributed by atoms with Crippen molar-refractivity contribution in [2.45, 2.75) is 26.0 Å². The van der Waals surface area contributed by atoms with E-state index in [1.807, 2.05) is 55.6 Å². The fraction of sp³-hybridized carbons (Fsp3) is 0.278. The van der Waals surface area contributed by atoms with Gasteiger partial charge >= 0.3 is 0 Å². The molecule has 0 aliphatic rings. The van der Waals surface area contributed by atoms with Crippen LogP contribution in [0, 0.1) is 6.92 Å². The predicted octanol–water partition coefficient (Wildman–Crippen LogP) is 3.71. The normalized spacial score (nSPS) is 13.9. The summed E-state index contributed by atoms with van der Waals surface area (Å²) in [6.07, 6.45) is 1.65. The van der Waals surface area contributed by atoms with E-state index in [4.69, 9.17) is 4.42 Å². The van der Waals surface area contributed by atoms with Crippen LogP contribution in [0.15, 0.2) is 52.5 Å². The first-order chi connectivity index (χ1) is 11.0. The van der Waals surface area contributed by atoms with E-state index in [9.17, 15) is 5.11 Å². The van der Waals surface area contributed by atoms with Crippen molar-refractivity contribution >= 4 is 11.3 Å². The van der Waals surface area contributed by atoms with Gasteiger partial charge in [-0.2, -0.15) is 0 Å². The van der Waals surface area contributed by atoms with Crippen LogP contribution in [0.5, 0.6) is 0 Å². The Hall–Kier alpha value is -1.95. The molecule has 120 valence electrons. The van der Waals surface area contributed by atoms with Crippen LogP contribution in [0.1, 0.15) is 23.1 Å². The van der Waals surface area contributed by atoms with Crippen molar-refractivity contribution in [2.75, 3.05) is 6.54 Å². The Morgan fingerprint density at radius 3 is 2.74 bits per heavy atom. The third kappa shape index (κ3) is 3.88. The van der Waals surface area contributed by atoms with Crippen molar-refractivity contribution in [3.63, 3.8) is 0 Å². The lowest BCUT2D eigenvalue weighted by Gasteiger charge is -2.22. The highest BCUT2D eigenvalue weighted by Crippen LogP contribution is 2.24. The van der Waals surface area contributed by atoms with Gasteiger partial charge in [-0.25, -0.2) is 4.98 Å². The maximum atomic E-state index is 10.5. The minimum atomic E-state index is -0.877. The number of nitrogens with zero attached hydrogens (tertiary/aromatic N) is 1. The quantitative estimate of drug-likeness (QED) is 0.724. The molecule has 0 fully saturated rings. The van der Waals surface area contributed by atoms with Crippen LogP contribution in [0.3, 0.4) is 0 Å². The monoisotopic (exact) mass is 328 g/mol. The molecule has 3 aromatic rings. The summed E-state index contributed by atoms with van der Waals surface area (Å²) in [4.78, 5) is 5.43. The summed E-state index contributed by atoms with van der Waals surface area (Å²) in [5.41, 5.74) is 2.12. The zero-order chi connectivity index (χ0) is 16.3. The summed E-state index contributed by atoms with van der Waals surface area (Å²) in [6, 6.07) is 12.0. The Bertz CT molecular complexity index is 746. The highest BCUT2D eigenvalue weighted by Gasteiger charge is 2.23. The molecule has 2 heterocycles. The van der Waals surface area contributed by atoms with Gasteiger partial charge in [0, 0.05) is 23.5 Å². The number of hydrogen-bond acceptors (Lipinski definition) is 5. The predicted molar refractivity (Wildman–Crippen MR) is 92.3 cm³/mol. The third-order valence-electron chi connectivity index (χ3n) is 3.68. The third-order valence-corrected chi connectivity index (χ3v) is 4.80. The van der Waals surface area contributed by atoms with Crippen molar-refractivity contribution < 1.29 is 9.52 Å². The van der Waals surface area contributed by atoms with Crippen molar-refractivity contribution in [1.29, 1.82) is 0 Å². The molecule has 0 bridgehead atoms. The molecule has 4 nitrogen and oxygen atoms in total. The maximum Gasteiger partial charge on any atom is 0.226 e. The minimum Gasteiger partial charge on any atom is -0.444 e. The SMILES string of the molecule is Cc1ccc(-c2nc(CNCC(C)(O)c3cccs3)co2)cc1. The number of benzene rings is 1. The molecule has 0 saturated heterocycles. The van der Waals surface area contributed by atoms with Crippen molar-refractivity contribution in [3.8, 4) is 11.5 Å². The van der Waals surface area contributed by atoms with Gasteiger partial charge in [0.05, 0.1) is 5.69 Å². The molecule has 5 heteroatoms. The van der Waals surface area contributed by atoms with E-state index < -0.39 is 5.60 Å². The second-order valence-corrected chi connectivity index (χ2v) is 6.81. The first-order valence-electron chi connectivity index (χ1n) is 7.53. The lowest BCUT2D eigenvalue weighted by Crippen LogP contribution is -2.34. The standard InChI is InChI=1S/C18H20N2O2S/c1-13-5-7-14(8-6-13)17-20-15(11-22-17)10-19-12-18(2,21)16-4-3-9-23-16/h3-9,11,19,21H,10,12H2,1-2H3. The fourth-order valence-electron chi connectivity index (χ4n) is 2.32. The zero-order valence-electron chi connectivity index (χ0n) is 13.2. The van der Waals surface area contributed by atoms with Gasteiger partial charge in [-0.05, 0) is 37.4 Å². The van der Waals surface area contributed by atoms with Crippen LogP contribution in [-0.4, -0.2) is 16.6 Å². The second kappa shape index (κ2) is 6.66. The molecule has 0 spiro atoms. The Labute approximate surface area is 139 Å². The number of oxazole rings is 1. The average Bonchev–Trinajstić information content (AvgIpc) is 3.19. The number of nitrogens with one attached hydrogen (secondary N) is 1. The summed E-state index contributed by atoms with van der Waals surface area (Å²) < 4.78 is 5.53. The number of hydrogen-bond donors (Lipinski definition) is 2. The summed E-state index contributed by atoms with van der Waals surface area (Å²) in [5, 5.41) is 15.7. The Balaban J connectivity index is 1.58. The summed E-state index contributed by atoms with van der Waals surface area (Å²) in [5.74, 6) is 0.617. The van der Waals surface area contributed by atoms with Crippen molar-refractivity contribution in [1.82, 2.24) is 10.3 Å². The number of aryl methyl sites for hydroxylation is 1. The minimum absolute atomic E-state index is 0.459. The molecule has 1 aromatic carbocycles. The van der Waals surface area contributed by atoms with Crippen molar-refractivity contribution in [3.05, 3.63) is 64.2 Å². The Morgan fingerprint density at radius 1 is 1.26 bits per heavy atom. The van der Waals surface area contributed by atoms with E-state index in [-0.39, 0.29) is 0 Å². The topological polar surface area (TPSA) is 58.3 Å². The van der Waals surface area contributed by atoms with Gasteiger partial charge < -0.3 is 14.8 Å². The van der Waals surface area contributed by atoms with Gasteiger partial charge in [0.2, 0.25) is 5.89 Å². The second-order valence-electron chi connectivity index (χ2n) is 5.86. The van der Waals surface area contributed by atoms with E-state index in [0.29, 0.717) is 19.0 Å². The van der Waals surface area contributed by atoms with Gasteiger partial charge in [-0.15, -0.1) is 11.3 Å². The van der Waals surface area contributed by atoms with Crippen LogP contribution in [0.25, 0.3) is 11.5 Å². The largest absolute Gasteiger partial charge is 0.444 e. The van der Waals surface area contributed by atoms with Crippen LogP contribution in [-0.2, 0) is 12.1 Å². The highest BCUT2D eigenvalue weighted by molar-refractivity contribution is 7.10. The molecule has 1 atom stereocenters. The molecule has 0 radical (unpaired) electrons. The Kier molecular flexibility index (Phi) is 4.61. The zero-order valence-corrected chi connectivity index (χ0v) is 14.1. The van der Waals surface area contributed by atoms with Gasteiger partial charge in [0.1, 0.15) is 11.9 Å². The van der Waals surface area contributed by atoms with Gasteiger partial charge in [0.25, 0.3) is 0 Å². The lowest BCUT2D eigenvalue weighted by molar-refractivity contribution is 0.0603. The maximum absolute atomic E-state index is 10.5. The molecule has 0 aliphatic carbocycles. The smallest absolute Gasteiger partial charge is 0.226 e. The van der Waals surface area contributed by atoms with Gasteiger partial charge in [-0.3, -0.25) is 0 Å². The van der Waals surface area contributed by atoms with E-state index in [1.54, 1.807) is 17.6 Å². The Morgan fingerprint density at radius 2 is 2.04 bits per heavy atom. The molecule has 2 aromatic heterocycles. The number of rotatable bonds is 6. The summed E-state index contributed by atoms with van der Waals surface area (Å²) in [7, 11) is 0. The highest BCUT2D eigenvalue weighted by atomic mass is 32.1. The molecule has 0 aliphatic heterocycles. The van der Waals surface area contributed by atoms with E-state index in [0.717, 1.165) is 16.1 Å². The number of thiophene rings is 1. The molecule has 0 amide bonds. The van der Waals surface area contributed by atoms with E-state index in [2.05, 4.69) is 10.3 Å². The molecule has 23 heavy (non-hydrogen) atoms. The molecule has 3 rings (SSSR count). The summed E-state index contributed by atoms with van der Waals surface area (Å²) >= 11 is 1.55. The van der Waals surface area contributed by atoms with Crippen LogP contribution in [0.4, 0.5) is 0 Å². The number of aliphatic hydroxyl groups is 1. The molecular formula is C18H20N2O2S. The van der Waals surface area contributed by atoms with Gasteiger partial charge in [0.15, 0.2) is 0 Å². The molecule has 0 saturated carbocycles. The van der Waals surface area contributed by atoms with E-state index in [1.165, 1.54) is 5.56 Å². The molecular weight excluding hydrogens is 308 g/mol. The van der Waals surface area contributed by atoms with Gasteiger partial charge in [-0.1, -0.05) is 23.8 Å². The van der Waals surface area contributed by atoms with Crippen LogP contribution >= 0.6 is 11.3 Å². The van der Waals surface area contributed by atoms with Crippen molar-refractivity contribution in [2.24, 2.45) is 0 Å².